The molecule has 1 aromatic heterocycles. The van der Waals surface area contributed by atoms with Gasteiger partial charge in [0.05, 0.1) is 11.0 Å². The van der Waals surface area contributed by atoms with Crippen LogP contribution in [0.3, 0.4) is 0 Å². The van der Waals surface area contributed by atoms with Crippen LogP contribution in [-0.4, -0.2) is 15.5 Å². The smallest absolute Gasteiger partial charge is 0.219 e. The van der Waals surface area contributed by atoms with Gasteiger partial charge in [-0.05, 0) is 18.2 Å². The normalized spacial score (nSPS) is 10.8. The van der Waals surface area contributed by atoms with E-state index in [0.717, 1.165) is 11.0 Å². The summed E-state index contributed by atoms with van der Waals surface area (Å²) >= 11 is 5.84. The minimum Gasteiger partial charge on any atom is -0.370 e. The van der Waals surface area contributed by atoms with Crippen molar-refractivity contribution >= 4 is 34.5 Å². The highest BCUT2D eigenvalue weighted by molar-refractivity contribution is 6.31. The molecule has 2 rings (SSSR count). The second-order valence-corrected chi connectivity index (χ2v) is 3.91. The number of carbonyl (C=O) groups is 1. The lowest BCUT2D eigenvalue weighted by atomic mass is 10.3. The third-order valence-corrected chi connectivity index (χ3v) is 2.56. The molecule has 0 saturated heterocycles. The molecule has 0 aliphatic rings. The van der Waals surface area contributed by atoms with Gasteiger partial charge in [-0.3, -0.25) is 4.79 Å². The lowest BCUT2D eigenvalue weighted by Crippen LogP contribution is -2.14. The molecule has 16 heavy (non-hydrogen) atoms. The highest BCUT2D eigenvalue weighted by Crippen LogP contribution is 2.21. The number of nitrogen functional groups attached to an aromatic ring is 1. The molecule has 4 N–H and O–H groups in total. The van der Waals surface area contributed by atoms with Crippen LogP contribution in [0.2, 0.25) is 5.02 Å². The zero-order valence-electron chi connectivity index (χ0n) is 8.48. The largest absolute Gasteiger partial charge is 0.370 e. The molecule has 0 fully saturated rings. The van der Waals surface area contributed by atoms with Gasteiger partial charge in [-0.2, -0.15) is 0 Å². The van der Waals surface area contributed by atoms with Crippen LogP contribution in [0.15, 0.2) is 18.2 Å². The number of carbonyl (C=O) groups excluding carboxylic acids is 1. The van der Waals surface area contributed by atoms with Gasteiger partial charge in [0.1, 0.15) is 0 Å². The van der Waals surface area contributed by atoms with Crippen LogP contribution in [-0.2, 0) is 11.3 Å². The fraction of sp³-hybridized carbons (Fsp3) is 0.200. The Kier molecular flexibility index (Phi) is 2.70. The predicted molar refractivity (Wildman–Crippen MR) is 63.0 cm³/mol. The fourth-order valence-corrected chi connectivity index (χ4v) is 1.74. The maximum absolute atomic E-state index is 10.7. The number of benzene rings is 1. The summed E-state index contributed by atoms with van der Waals surface area (Å²) in [6.07, 6.45) is 0.234. The van der Waals surface area contributed by atoms with Crippen LogP contribution < -0.4 is 11.5 Å². The summed E-state index contributed by atoms with van der Waals surface area (Å²) in [4.78, 5) is 14.9. The molecule has 6 heteroatoms. The molecule has 2 aromatic rings. The van der Waals surface area contributed by atoms with Gasteiger partial charge in [0, 0.05) is 18.0 Å². The van der Waals surface area contributed by atoms with E-state index in [0.29, 0.717) is 17.5 Å². The van der Waals surface area contributed by atoms with Crippen molar-refractivity contribution in [3.8, 4) is 0 Å². The molecule has 84 valence electrons. The minimum atomic E-state index is -0.366. The van der Waals surface area contributed by atoms with E-state index in [2.05, 4.69) is 4.98 Å². The Morgan fingerprint density at radius 1 is 1.50 bits per heavy atom. The first-order valence-electron chi connectivity index (χ1n) is 4.77. The van der Waals surface area contributed by atoms with Crippen molar-refractivity contribution in [1.82, 2.24) is 9.55 Å². The van der Waals surface area contributed by atoms with Crippen LogP contribution in [0.1, 0.15) is 6.42 Å². The number of aryl methyl sites for hydroxylation is 1. The van der Waals surface area contributed by atoms with Gasteiger partial charge in [0.25, 0.3) is 0 Å². The van der Waals surface area contributed by atoms with Gasteiger partial charge in [-0.15, -0.1) is 0 Å². The number of amides is 1. The molecule has 0 aliphatic carbocycles. The van der Waals surface area contributed by atoms with E-state index in [1.54, 1.807) is 16.7 Å². The third-order valence-electron chi connectivity index (χ3n) is 2.32. The summed E-state index contributed by atoms with van der Waals surface area (Å²) < 4.78 is 1.75. The standard InChI is InChI=1S/C10H11ClN4O/c11-6-1-2-8-7(5-6)14-10(13)15(8)4-3-9(12)16/h1-2,5H,3-4H2,(H2,12,16)(H2,13,14). The molecule has 1 aromatic carbocycles. The van der Waals surface area contributed by atoms with Crippen molar-refractivity contribution in [1.29, 1.82) is 0 Å². The van der Waals surface area contributed by atoms with E-state index in [1.807, 2.05) is 6.07 Å². The Morgan fingerprint density at radius 2 is 2.25 bits per heavy atom. The summed E-state index contributed by atoms with van der Waals surface area (Å²) in [7, 11) is 0. The van der Waals surface area contributed by atoms with Gasteiger partial charge in [-0.25, -0.2) is 4.98 Å². The average Bonchev–Trinajstić information content (AvgIpc) is 2.50. The molecule has 0 saturated carbocycles. The molecular formula is C10H11ClN4O. The topological polar surface area (TPSA) is 86.9 Å². The number of aromatic nitrogens is 2. The number of rotatable bonds is 3. The van der Waals surface area contributed by atoms with Crippen molar-refractivity contribution in [3.05, 3.63) is 23.2 Å². The van der Waals surface area contributed by atoms with Crippen LogP contribution in [0, 0.1) is 0 Å². The molecular weight excluding hydrogens is 228 g/mol. The van der Waals surface area contributed by atoms with Crippen molar-refractivity contribution in [2.75, 3.05) is 5.73 Å². The lowest BCUT2D eigenvalue weighted by Gasteiger charge is -2.03. The van der Waals surface area contributed by atoms with Crippen LogP contribution in [0.5, 0.6) is 0 Å². The average molecular weight is 239 g/mol. The summed E-state index contributed by atoms with van der Waals surface area (Å²) in [5.41, 5.74) is 12.4. The maximum atomic E-state index is 10.7. The minimum absolute atomic E-state index is 0.234. The number of hydrogen-bond donors (Lipinski definition) is 2. The van der Waals surface area contributed by atoms with Crippen molar-refractivity contribution in [2.45, 2.75) is 13.0 Å². The van der Waals surface area contributed by atoms with Crippen LogP contribution >= 0.6 is 11.6 Å². The van der Waals surface area contributed by atoms with E-state index >= 15 is 0 Å². The molecule has 0 aliphatic heterocycles. The Hall–Kier alpha value is -1.75. The second-order valence-electron chi connectivity index (χ2n) is 3.47. The second kappa shape index (κ2) is 4.02. The van der Waals surface area contributed by atoms with Gasteiger partial charge in [0.15, 0.2) is 0 Å². The number of imidazole rings is 1. The molecule has 0 atom stereocenters. The van der Waals surface area contributed by atoms with Gasteiger partial charge in [-0.1, -0.05) is 11.6 Å². The molecule has 1 heterocycles. The van der Waals surface area contributed by atoms with Gasteiger partial charge >= 0.3 is 0 Å². The summed E-state index contributed by atoms with van der Waals surface area (Å²) in [5.74, 6) is -0.00581. The van der Waals surface area contributed by atoms with E-state index < -0.39 is 0 Å². The summed E-state index contributed by atoms with van der Waals surface area (Å²) in [6.45, 7) is 0.430. The molecule has 0 bridgehead atoms. The highest BCUT2D eigenvalue weighted by atomic mass is 35.5. The van der Waals surface area contributed by atoms with Crippen molar-refractivity contribution < 1.29 is 4.79 Å². The van der Waals surface area contributed by atoms with E-state index in [1.165, 1.54) is 0 Å². The molecule has 0 unspecified atom stereocenters. The van der Waals surface area contributed by atoms with Crippen molar-refractivity contribution in [2.24, 2.45) is 5.73 Å². The first-order chi connectivity index (χ1) is 7.58. The Balaban J connectivity index is 2.43. The quantitative estimate of drug-likeness (QED) is 0.841. The monoisotopic (exact) mass is 238 g/mol. The molecule has 0 spiro atoms. The SMILES string of the molecule is NC(=O)CCn1c(N)nc2cc(Cl)ccc21. The zero-order chi connectivity index (χ0) is 11.7. The Labute approximate surface area is 97.0 Å². The van der Waals surface area contributed by atoms with Crippen LogP contribution in [0.25, 0.3) is 11.0 Å². The third kappa shape index (κ3) is 1.94. The summed E-state index contributed by atoms with van der Waals surface area (Å²) in [5, 5.41) is 0.604. The first kappa shape index (κ1) is 10.8. The number of primary amides is 1. The van der Waals surface area contributed by atoms with Crippen molar-refractivity contribution in [3.63, 3.8) is 0 Å². The Morgan fingerprint density at radius 3 is 2.94 bits per heavy atom. The number of nitrogens with zero attached hydrogens (tertiary/aromatic N) is 2. The number of nitrogens with two attached hydrogens (primary N) is 2. The Bertz CT molecular complexity index is 549. The number of halogens is 1. The van der Waals surface area contributed by atoms with Crippen LogP contribution in [0.4, 0.5) is 5.95 Å². The molecule has 5 nitrogen and oxygen atoms in total. The fourth-order valence-electron chi connectivity index (χ4n) is 1.58. The van der Waals surface area contributed by atoms with Gasteiger partial charge in [0.2, 0.25) is 11.9 Å². The lowest BCUT2D eigenvalue weighted by molar-refractivity contribution is -0.118. The summed E-state index contributed by atoms with van der Waals surface area (Å²) in [6, 6.07) is 5.31. The number of anilines is 1. The highest BCUT2D eigenvalue weighted by Gasteiger charge is 2.08. The first-order valence-corrected chi connectivity index (χ1v) is 5.15. The molecule has 1 amide bonds. The van der Waals surface area contributed by atoms with E-state index in [4.69, 9.17) is 23.1 Å². The van der Waals surface area contributed by atoms with E-state index in [9.17, 15) is 4.79 Å². The number of fused-ring (bicyclic) bond motifs is 1. The van der Waals surface area contributed by atoms with Gasteiger partial charge < -0.3 is 16.0 Å². The molecule has 0 radical (unpaired) electrons. The zero-order valence-corrected chi connectivity index (χ0v) is 9.24. The maximum Gasteiger partial charge on any atom is 0.219 e. The predicted octanol–water partition coefficient (Wildman–Crippen LogP) is 1.15. The van der Waals surface area contributed by atoms with E-state index in [-0.39, 0.29) is 12.3 Å². The number of hydrogen-bond acceptors (Lipinski definition) is 3.